The molecule has 196 valence electrons. The molecule has 0 aliphatic carbocycles. The van der Waals surface area contributed by atoms with E-state index in [-0.39, 0.29) is 0 Å². The summed E-state index contributed by atoms with van der Waals surface area (Å²) in [5, 5.41) is 0. The normalized spacial score (nSPS) is 14.1. The van der Waals surface area contributed by atoms with Crippen LogP contribution in [0.3, 0.4) is 0 Å². The fourth-order valence-corrected chi connectivity index (χ4v) is 2.78. The van der Waals surface area contributed by atoms with Gasteiger partial charge in [-0.1, -0.05) is 84.0 Å². The number of nitrogens with zero attached hydrogens (tertiary/aromatic N) is 2. The van der Waals surface area contributed by atoms with Crippen LogP contribution in [0, 0.1) is 0 Å². The Hall–Kier alpha value is -0.0700. The summed E-state index contributed by atoms with van der Waals surface area (Å²) in [5.74, 6) is 0. The van der Waals surface area contributed by atoms with Gasteiger partial charge in [0.15, 0.2) is 0 Å². The van der Waals surface area contributed by atoms with E-state index in [2.05, 4.69) is 28.1 Å². The molecule has 0 aliphatic rings. The molecule has 0 saturated carbocycles. The molecule has 0 fully saturated rings. The molecule has 2 nitrogen and oxygen atoms in total. The summed E-state index contributed by atoms with van der Waals surface area (Å²) in [6.07, 6.45) is 20.4. The second-order valence-corrected chi connectivity index (χ2v) is 11.8. The Morgan fingerprint density at radius 2 is 0.710 bits per heavy atom. The van der Waals surface area contributed by atoms with E-state index in [1.807, 2.05) is 26.0 Å². The average Bonchev–Trinajstić information content (AvgIpc) is 2.50. The van der Waals surface area contributed by atoms with E-state index in [0.717, 1.165) is 4.48 Å². The minimum absolute atomic E-state index is 1.12. The topological polar surface area (TPSA) is 3.24 Å². The maximum absolute atomic E-state index is 10.7. The van der Waals surface area contributed by atoms with Crippen LogP contribution in [0.4, 0.5) is 25.2 Å². The monoisotopic (exact) mass is 488 g/mol. The Morgan fingerprint density at radius 3 is 0.903 bits per heavy atom. The van der Waals surface area contributed by atoms with Crippen molar-refractivity contribution in [2.45, 2.75) is 96.8 Å². The van der Waals surface area contributed by atoms with Crippen molar-refractivity contribution in [3.63, 3.8) is 0 Å². The van der Waals surface area contributed by atoms with Crippen LogP contribution in [-0.2, 0) is 0 Å². The molecule has 0 radical (unpaired) electrons. The van der Waals surface area contributed by atoms with Gasteiger partial charge in [0.1, 0.15) is 0 Å². The van der Waals surface area contributed by atoms with E-state index in [4.69, 9.17) is 0 Å². The average molecular weight is 489 g/mol. The third-order valence-corrected chi connectivity index (χ3v) is 4.18. The van der Waals surface area contributed by atoms with Crippen molar-refractivity contribution >= 4 is 7.81 Å². The molecule has 9 heteroatoms. The zero-order chi connectivity index (χ0) is 25.1. The van der Waals surface area contributed by atoms with E-state index in [9.17, 15) is 25.2 Å². The molecular formula is C22H51F6N2P. The fraction of sp³-hybridized carbons (Fsp3) is 1.00. The van der Waals surface area contributed by atoms with Gasteiger partial charge in [0, 0.05) is 0 Å². The summed E-state index contributed by atoms with van der Waals surface area (Å²) in [6.45, 7) is 3.63. The van der Waals surface area contributed by atoms with Crippen LogP contribution >= 0.6 is 7.81 Å². The van der Waals surface area contributed by atoms with Crippen molar-refractivity contribution in [1.82, 2.24) is 4.90 Å². The van der Waals surface area contributed by atoms with Crippen molar-refractivity contribution in [2.75, 3.05) is 48.8 Å². The van der Waals surface area contributed by atoms with E-state index in [0.29, 0.717) is 0 Å². The predicted molar refractivity (Wildman–Crippen MR) is 126 cm³/mol. The van der Waals surface area contributed by atoms with Crippen LogP contribution < -0.4 is 0 Å². The van der Waals surface area contributed by atoms with Gasteiger partial charge in [0.05, 0.1) is 27.7 Å². The van der Waals surface area contributed by atoms with Gasteiger partial charge < -0.3 is 9.38 Å². The number of halogens is 6. The zero-order valence-electron chi connectivity index (χ0n) is 21.2. The molecule has 0 spiro atoms. The number of hydrogen-bond acceptors (Lipinski definition) is 1. The summed E-state index contributed by atoms with van der Waals surface area (Å²) in [4.78, 5) is 2.00. The molecule has 31 heavy (non-hydrogen) atoms. The van der Waals surface area contributed by atoms with Crippen LogP contribution in [0.25, 0.3) is 0 Å². The molecule has 0 amide bonds. The molecule has 0 atom stereocenters. The van der Waals surface area contributed by atoms with Crippen LogP contribution in [0.15, 0.2) is 0 Å². The Bertz CT molecular complexity index is 377. The SMILES string of the molecule is CCCCCCCCCCCCCCCC[N+](C)(C)C.CN(C)C.F[P-](F)(F)(F)(F)F. The first kappa shape index (κ1) is 35.5. The molecule has 0 saturated heterocycles. The summed E-state index contributed by atoms with van der Waals surface area (Å²) >= 11 is 0. The van der Waals surface area contributed by atoms with Crippen LogP contribution in [0.2, 0.25) is 0 Å². The van der Waals surface area contributed by atoms with Gasteiger partial charge >= 0.3 is 33.0 Å². The summed E-state index contributed by atoms with van der Waals surface area (Å²) in [7, 11) is 2.22. The molecular weight excluding hydrogens is 437 g/mol. The van der Waals surface area contributed by atoms with Crippen molar-refractivity contribution < 1.29 is 29.7 Å². The molecule has 0 aromatic rings. The van der Waals surface area contributed by atoms with E-state index >= 15 is 0 Å². The fourth-order valence-electron chi connectivity index (χ4n) is 2.78. The number of hydrogen-bond donors (Lipinski definition) is 0. The quantitative estimate of drug-likeness (QED) is 0.0959. The second-order valence-electron chi connectivity index (χ2n) is 9.91. The van der Waals surface area contributed by atoms with Gasteiger partial charge in [-0.05, 0) is 34.0 Å². The first-order valence-corrected chi connectivity index (χ1v) is 13.7. The van der Waals surface area contributed by atoms with Crippen molar-refractivity contribution in [3.8, 4) is 0 Å². The summed E-state index contributed by atoms with van der Waals surface area (Å²) < 4.78 is 60.3. The Balaban J connectivity index is -0.000000585. The zero-order valence-corrected chi connectivity index (χ0v) is 22.1. The summed E-state index contributed by atoms with van der Waals surface area (Å²) in [6, 6.07) is 0. The van der Waals surface area contributed by atoms with Crippen LogP contribution in [-0.4, -0.2) is 58.2 Å². The Morgan fingerprint density at radius 1 is 0.516 bits per heavy atom. The van der Waals surface area contributed by atoms with E-state index in [1.165, 1.54) is 96.4 Å². The molecule has 0 heterocycles. The van der Waals surface area contributed by atoms with Gasteiger partial charge in [-0.2, -0.15) is 0 Å². The standard InChI is InChI=1S/C19H42N.C3H9N.F6P/c1-5-6-7-8-9-10-11-12-13-14-15-16-17-18-19-20(2,3)4;1-4(2)3;1-7(2,3,4,5)6/h5-19H2,1-4H3;1-3H3;/q+1;;-1. The molecule has 0 rings (SSSR count). The third kappa shape index (κ3) is 81.5. The van der Waals surface area contributed by atoms with Crippen LogP contribution in [0.1, 0.15) is 96.8 Å². The second kappa shape index (κ2) is 16.5. The number of quaternary nitrogens is 1. The molecule has 0 N–H and O–H groups in total. The van der Waals surface area contributed by atoms with Gasteiger partial charge in [0.25, 0.3) is 0 Å². The van der Waals surface area contributed by atoms with E-state index < -0.39 is 7.81 Å². The molecule has 0 aromatic heterocycles. The Labute approximate surface area is 188 Å². The molecule has 0 aromatic carbocycles. The van der Waals surface area contributed by atoms with E-state index in [1.54, 1.807) is 0 Å². The number of rotatable bonds is 15. The van der Waals surface area contributed by atoms with Crippen molar-refractivity contribution in [1.29, 1.82) is 0 Å². The van der Waals surface area contributed by atoms with Crippen molar-refractivity contribution in [2.24, 2.45) is 0 Å². The predicted octanol–water partition coefficient (Wildman–Crippen LogP) is 9.73. The minimum atomic E-state index is -10.7. The van der Waals surface area contributed by atoms with Gasteiger partial charge in [0.2, 0.25) is 0 Å². The molecule has 0 aliphatic heterocycles. The Kier molecular flexibility index (Phi) is 18.9. The number of unbranched alkanes of at least 4 members (excludes halogenated alkanes) is 13. The van der Waals surface area contributed by atoms with Crippen LogP contribution in [0.5, 0.6) is 0 Å². The van der Waals surface area contributed by atoms with Gasteiger partial charge in [-0.25, -0.2) is 0 Å². The van der Waals surface area contributed by atoms with Crippen molar-refractivity contribution in [3.05, 3.63) is 0 Å². The first-order valence-electron chi connectivity index (χ1n) is 11.7. The molecule has 0 unspecified atom stereocenters. The van der Waals surface area contributed by atoms with Gasteiger partial charge in [-0.15, -0.1) is 0 Å². The third-order valence-electron chi connectivity index (χ3n) is 4.18. The maximum atomic E-state index is 9.87. The summed E-state index contributed by atoms with van der Waals surface area (Å²) in [5.41, 5.74) is 0. The molecule has 0 bridgehead atoms. The first-order chi connectivity index (χ1) is 13.7. The van der Waals surface area contributed by atoms with Gasteiger partial charge in [-0.3, -0.25) is 0 Å².